The van der Waals surface area contributed by atoms with Crippen molar-refractivity contribution in [1.82, 2.24) is 20.2 Å². The van der Waals surface area contributed by atoms with Gasteiger partial charge in [0.2, 0.25) is 0 Å². The van der Waals surface area contributed by atoms with Gasteiger partial charge in [-0.1, -0.05) is 39.6 Å². The van der Waals surface area contributed by atoms with Gasteiger partial charge in [0.05, 0.1) is 18.1 Å². The molecule has 8 heteroatoms. The number of aryl methyl sites for hydroxylation is 1. The summed E-state index contributed by atoms with van der Waals surface area (Å²) in [4.78, 5) is 1.57. The van der Waals surface area contributed by atoms with Crippen LogP contribution < -0.4 is 5.32 Å². The number of rotatable bonds is 6. The van der Waals surface area contributed by atoms with Crippen LogP contribution in [0.1, 0.15) is 19.1 Å². The predicted molar refractivity (Wildman–Crippen MR) is 92.3 cm³/mol. The molecule has 23 heavy (non-hydrogen) atoms. The molecule has 6 nitrogen and oxygen atoms in total. The van der Waals surface area contributed by atoms with E-state index in [4.69, 9.17) is 16.0 Å². The summed E-state index contributed by atoms with van der Waals surface area (Å²) in [5.74, 6) is 1.98. The van der Waals surface area contributed by atoms with Crippen molar-refractivity contribution in [2.24, 2.45) is 0 Å². The van der Waals surface area contributed by atoms with E-state index >= 15 is 0 Å². The second kappa shape index (κ2) is 7.14. The van der Waals surface area contributed by atoms with E-state index < -0.39 is 0 Å². The molecule has 0 spiro atoms. The van der Waals surface area contributed by atoms with Crippen LogP contribution in [0.25, 0.3) is 11.3 Å². The molecule has 0 bridgehead atoms. The molecule has 120 valence electrons. The number of tetrazole rings is 1. The van der Waals surface area contributed by atoms with Gasteiger partial charge in [0.1, 0.15) is 11.5 Å². The number of benzene rings is 1. The van der Waals surface area contributed by atoms with E-state index in [0.717, 1.165) is 34.5 Å². The first-order chi connectivity index (χ1) is 11.2. The average Bonchev–Trinajstić information content (AvgIpc) is 3.15. The number of nitrogens with zero attached hydrogens (tertiary/aromatic N) is 4. The highest BCUT2D eigenvalue weighted by atomic mass is 79.9. The highest BCUT2D eigenvalue weighted by Crippen LogP contribution is 2.31. The van der Waals surface area contributed by atoms with Crippen LogP contribution in [0.5, 0.6) is 0 Å². The average molecular weight is 397 g/mol. The van der Waals surface area contributed by atoms with Crippen LogP contribution in [-0.2, 0) is 13.1 Å². The first kappa shape index (κ1) is 16.0. The van der Waals surface area contributed by atoms with E-state index in [1.165, 1.54) is 0 Å². The van der Waals surface area contributed by atoms with Crippen molar-refractivity contribution in [2.45, 2.75) is 26.4 Å². The van der Waals surface area contributed by atoms with Crippen molar-refractivity contribution in [3.05, 3.63) is 45.6 Å². The zero-order chi connectivity index (χ0) is 16.2. The fraction of sp³-hybridized carbons (Fsp3) is 0.267. The lowest BCUT2D eigenvalue weighted by Crippen LogP contribution is -2.03. The lowest BCUT2D eigenvalue weighted by molar-refractivity contribution is 0.514. The molecule has 3 aromatic rings. The summed E-state index contributed by atoms with van der Waals surface area (Å²) in [6, 6.07) is 9.48. The molecule has 0 fully saturated rings. The van der Waals surface area contributed by atoms with Gasteiger partial charge < -0.3 is 9.73 Å². The first-order valence-corrected chi connectivity index (χ1v) is 8.38. The second-order valence-corrected chi connectivity index (χ2v) is 6.28. The number of furan rings is 1. The van der Waals surface area contributed by atoms with Crippen LogP contribution in [0.4, 0.5) is 5.95 Å². The summed E-state index contributed by atoms with van der Waals surface area (Å²) in [5.41, 5.74) is 0.855. The molecule has 0 radical (unpaired) electrons. The van der Waals surface area contributed by atoms with Gasteiger partial charge in [0, 0.05) is 10.0 Å². The van der Waals surface area contributed by atoms with Crippen molar-refractivity contribution in [2.75, 3.05) is 5.32 Å². The van der Waals surface area contributed by atoms with Crippen LogP contribution in [0.2, 0.25) is 5.02 Å². The Morgan fingerprint density at radius 3 is 2.96 bits per heavy atom. The second-order valence-electron chi connectivity index (χ2n) is 4.95. The van der Waals surface area contributed by atoms with Gasteiger partial charge in [-0.2, -0.15) is 4.80 Å². The number of nitrogens with one attached hydrogen (secondary N) is 1. The molecule has 0 amide bonds. The molecule has 0 saturated heterocycles. The van der Waals surface area contributed by atoms with Gasteiger partial charge in [0.25, 0.3) is 5.95 Å². The molecule has 0 unspecified atom stereocenters. The van der Waals surface area contributed by atoms with Gasteiger partial charge in [-0.25, -0.2) is 0 Å². The summed E-state index contributed by atoms with van der Waals surface area (Å²) in [5, 5.41) is 15.8. The molecule has 0 aliphatic rings. The molecule has 2 aromatic heterocycles. The minimum Gasteiger partial charge on any atom is -0.459 e. The fourth-order valence-electron chi connectivity index (χ4n) is 2.08. The molecule has 0 aliphatic carbocycles. The van der Waals surface area contributed by atoms with Crippen LogP contribution >= 0.6 is 27.5 Å². The van der Waals surface area contributed by atoms with E-state index in [1.54, 1.807) is 4.80 Å². The zero-order valence-electron chi connectivity index (χ0n) is 12.5. The van der Waals surface area contributed by atoms with Crippen molar-refractivity contribution >= 4 is 33.5 Å². The highest BCUT2D eigenvalue weighted by Gasteiger charge is 2.10. The normalized spacial score (nSPS) is 10.9. The quantitative estimate of drug-likeness (QED) is 0.670. The number of hydrogen-bond donors (Lipinski definition) is 1. The molecule has 1 N–H and O–H groups in total. The van der Waals surface area contributed by atoms with E-state index in [9.17, 15) is 0 Å². The lowest BCUT2D eigenvalue weighted by Gasteiger charge is -2.02. The Hall–Kier alpha value is -1.86. The van der Waals surface area contributed by atoms with Gasteiger partial charge in [-0.3, -0.25) is 0 Å². The largest absolute Gasteiger partial charge is 0.459 e. The van der Waals surface area contributed by atoms with Crippen LogP contribution in [-0.4, -0.2) is 20.2 Å². The van der Waals surface area contributed by atoms with Gasteiger partial charge in [0.15, 0.2) is 0 Å². The number of aromatic nitrogens is 4. The van der Waals surface area contributed by atoms with Crippen molar-refractivity contribution in [3.8, 4) is 11.3 Å². The van der Waals surface area contributed by atoms with E-state index in [2.05, 4.69) is 43.6 Å². The predicted octanol–water partition coefficient (Wildman–Crippen LogP) is 4.37. The Bertz CT molecular complexity index is 801. The Kier molecular flexibility index (Phi) is 4.97. The van der Waals surface area contributed by atoms with E-state index in [1.807, 2.05) is 30.3 Å². The number of halogens is 2. The molecule has 3 rings (SSSR count). The molecule has 2 heterocycles. The summed E-state index contributed by atoms with van der Waals surface area (Å²) in [6.45, 7) is 3.29. The molecule has 0 saturated carbocycles. The Morgan fingerprint density at radius 1 is 1.30 bits per heavy atom. The minimum atomic E-state index is 0.478. The molecular formula is C15H15BrClN5O. The SMILES string of the molecule is CCCn1nnc(NCc2ccc(-c3ccc(Br)cc3Cl)o2)n1. The van der Waals surface area contributed by atoms with Crippen molar-refractivity contribution < 1.29 is 4.42 Å². The maximum Gasteiger partial charge on any atom is 0.263 e. The monoisotopic (exact) mass is 395 g/mol. The fourth-order valence-corrected chi connectivity index (χ4v) is 2.85. The third-order valence-corrected chi connectivity index (χ3v) is 3.96. The maximum atomic E-state index is 6.24. The summed E-state index contributed by atoms with van der Waals surface area (Å²) >= 11 is 9.63. The molecular weight excluding hydrogens is 382 g/mol. The van der Waals surface area contributed by atoms with Gasteiger partial charge in [-0.05, 0) is 42.0 Å². The maximum absolute atomic E-state index is 6.24. The van der Waals surface area contributed by atoms with Gasteiger partial charge >= 0.3 is 0 Å². The van der Waals surface area contributed by atoms with Crippen LogP contribution in [0, 0.1) is 0 Å². The lowest BCUT2D eigenvalue weighted by atomic mass is 10.2. The topological polar surface area (TPSA) is 68.8 Å². The molecule has 0 atom stereocenters. The van der Waals surface area contributed by atoms with E-state index in [0.29, 0.717) is 17.5 Å². The third kappa shape index (κ3) is 3.92. The molecule has 0 aliphatic heterocycles. The van der Waals surface area contributed by atoms with Crippen molar-refractivity contribution in [3.63, 3.8) is 0 Å². The summed E-state index contributed by atoms with van der Waals surface area (Å²) in [7, 11) is 0. The first-order valence-electron chi connectivity index (χ1n) is 7.21. The smallest absolute Gasteiger partial charge is 0.263 e. The standard InChI is InChI=1S/C15H15BrClN5O/c1-2-7-22-20-15(19-21-22)18-9-11-4-6-14(23-11)12-5-3-10(16)8-13(12)17/h3-6,8H,2,7,9H2,1H3,(H,18,20). The minimum absolute atomic E-state index is 0.478. The Balaban J connectivity index is 1.67. The summed E-state index contributed by atoms with van der Waals surface area (Å²) in [6.07, 6.45) is 0.964. The third-order valence-electron chi connectivity index (χ3n) is 3.16. The number of hydrogen-bond acceptors (Lipinski definition) is 5. The van der Waals surface area contributed by atoms with E-state index in [-0.39, 0.29) is 0 Å². The summed E-state index contributed by atoms with van der Waals surface area (Å²) < 4.78 is 6.75. The highest BCUT2D eigenvalue weighted by molar-refractivity contribution is 9.10. The Morgan fingerprint density at radius 2 is 2.17 bits per heavy atom. The number of anilines is 1. The van der Waals surface area contributed by atoms with Crippen molar-refractivity contribution in [1.29, 1.82) is 0 Å². The molecule has 1 aromatic carbocycles. The Labute approximate surface area is 147 Å². The van der Waals surface area contributed by atoms with Crippen LogP contribution in [0.3, 0.4) is 0 Å². The van der Waals surface area contributed by atoms with Crippen LogP contribution in [0.15, 0.2) is 39.2 Å². The van der Waals surface area contributed by atoms with Gasteiger partial charge in [-0.15, -0.1) is 5.10 Å². The zero-order valence-corrected chi connectivity index (χ0v) is 14.8.